The van der Waals surface area contributed by atoms with Gasteiger partial charge in [0.1, 0.15) is 12.7 Å². The van der Waals surface area contributed by atoms with Gasteiger partial charge in [0.2, 0.25) is 5.91 Å². The molecule has 0 unspecified atom stereocenters. The molecule has 0 bridgehead atoms. The van der Waals surface area contributed by atoms with Crippen LogP contribution in [0.1, 0.15) is 6.42 Å². The number of imidazole rings is 1. The molecule has 3 rings (SSSR count). The third-order valence-corrected chi connectivity index (χ3v) is 2.83. The predicted molar refractivity (Wildman–Crippen MR) is 72.2 cm³/mol. The van der Waals surface area contributed by atoms with Crippen molar-refractivity contribution in [3.8, 4) is 0 Å². The summed E-state index contributed by atoms with van der Waals surface area (Å²) in [6.07, 6.45) is 3.28. The number of hydrogen-bond donors (Lipinski definition) is 3. The van der Waals surface area contributed by atoms with Crippen molar-refractivity contribution in [3.05, 3.63) is 41.3 Å². The van der Waals surface area contributed by atoms with Crippen molar-refractivity contribution in [3.63, 3.8) is 0 Å². The second-order valence-corrected chi connectivity index (χ2v) is 4.30. The van der Waals surface area contributed by atoms with Crippen LogP contribution in [0, 0.1) is 0 Å². The molecule has 2 aromatic heterocycles. The normalized spacial score (nSPS) is 10.8. The highest BCUT2D eigenvalue weighted by Gasteiger charge is 2.05. The van der Waals surface area contributed by atoms with E-state index >= 15 is 0 Å². The van der Waals surface area contributed by atoms with Crippen molar-refractivity contribution in [1.82, 2.24) is 24.7 Å². The van der Waals surface area contributed by atoms with Gasteiger partial charge in [0.25, 0.3) is 0 Å². The van der Waals surface area contributed by atoms with Crippen LogP contribution in [0.5, 0.6) is 0 Å². The Morgan fingerprint density at radius 3 is 2.95 bits per heavy atom. The fourth-order valence-corrected chi connectivity index (χ4v) is 1.90. The Bertz CT molecular complexity index is 786. The van der Waals surface area contributed by atoms with Gasteiger partial charge in [-0.05, 0) is 18.2 Å². The Balaban J connectivity index is 1.66. The lowest BCUT2D eigenvalue weighted by molar-refractivity contribution is -0.116. The topological polar surface area (TPSA) is 108 Å². The van der Waals surface area contributed by atoms with Crippen LogP contribution in [0.15, 0.2) is 35.6 Å². The van der Waals surface area contributed by atoms with E-state index in [1.807, 2.05) is 0 Å². The summed E-state index contributed by atoms with van der Waals surface area (Å²) in [6, 6.07) is 5.18. The average Bonchev–Trinajstić information content (AvgIpc) is 3.04. The maximum absolute atomic E-state index is 11.8. The molecule has 0 atom stereocenters. The summed E-state index contributed by atoms with van der Waals surface area (Å²) in [5.41, 5.74) is 1.73. The summed E-state index contributed by atoms with van der Waals surface area (Å²) in [5.74, 6) is -0.127. The zero-order valence-electron chi connectivity index (χ0n) is 10.5. The fraction of sp³-hybridized carbons (Fsp3) is 0.167. The Kier molecular flexibility index (Phi) is 3.04. The van der Waals surface area contributed by atoms with Crippen LogP contribution in [-0.4, -0.2) is 30.6 Å². The lowest BCUT2D eigenvalue weighted by Crippen LogP contribution is -2.14. The highest BCUT2D eigenvalue weighted by atomic mass is 16.1. The standard InChI is InChI=1S/C12H12N6O2/c19-11(3-4-18-7-13-6-14-18)15-8-1-2-9-10(5-8)17-12(20)16-9/h1-2,5-7H,3-4H2,(H,15,19)(H2,16,17,20). The minimum atomic E-state index is -0.269. The number of anilines is 1. The maximum Gasteiger partial charge on any atom is 0.323 e. The van der Waals surface area contributed by atoms with Crippen molar-refractivity contribution >= 4 is 22.6 Å². The van der Waals surface area contributed by atoms with E-state index in [4.69, 9.17) is 0 Å². The summed E-state index contributed by atoms with van der Waals surface area (Å²) >= 11 is 0. The predicted octanol–water partition coefficient (Wildman–Crippen LogP) is 0.476. The van der Waals surface area contributed by atoms with Crippen molar-refractivity contribution < 1.29 is 4.79 Å². The van der Waals surface area contributed by atoms with Crippen LogP contribution in [0.25, 0.3) is 11.0 Å². The highest BCUT2D eigenvalue weighted by molar-refractivity contribution is 5.92. The number of H-pyrrole nitrogens is 2. The molecule has 3 N–H and O–H groups in total. The smallest absolute Gasteiger partial charge is 0.323 e. The van der Waals surface area contributed by atoms with Gasteiger partial charge in [0.15, 0.2) is 0 Å². The highest BCUT2D eigenvalue weighted by Crippen LogP contribution is 2.14. The lowest BCUT2D eigenvalue weighted by atomic mass is 10.2. The monoisotopic (exact) mass is 272 g/mol. The van der Waals surface area contributed by atoms with E-state index in [-0.39, 0.29) is 11.6 Å². The number of carbonyl (C=O) groups is 1. The quantitative estimate of drug-likeness (QED) is 0.641. The van der Waals surface area contributed by atoms with Gasteiger partial charge >= 0.3 is 5.69 Å². The molecule has 3 aromatic rings. The first kappa shape index (κ1) is 12.2. The first-order valence-corrected chi connectivity index (χ1v) is 6.05. The third-order valence-electron chi connectivity index (χ3n) is 2.83. The minimum Gasteiger partial charge on any atom is -0.326 e. The number of nitrogens with one attached hydrogen (secondary N) is 3. The van der Waals surface area contributed by atoms with E-state index in [0.717, 1.165) is 0 Å². The fourth-order valence-electron chi connectivity index (χ4n) is 1.90. The van der Waals surface area contributed by atoms with Crippen molar-refractivity contribution in [2.45, 2.75) is 13.0 Å². The molecule has 2 heterocycles. The van der Waals surface area contributed by atoms with E-state index in [1.165, 1.54) is 6.33 Å². The van der Waals surface area contributed by atoms with E-state index in [0.29, 0.717) is 29.7 Å². The molecule has 20 heavy (non-hydrogen) atoms. The first-order chi connectivity index (χ1) is 9.70. The molecule has 0 radical (unpaired) electrons. The van der Waals surface area contributed by atoms with Crippen LogP contribution in [0.4, 0.5) is 5.69 Å². The zero-order valence-corrected chi connectivity index (χ0v) is 10.5. The van der Waals surface area contributed by atoms with E-state index in [2.05, 4.69) is 25.4 Å². The molecule has 8 nitrogen and oxygen atoms in total. The van der Waals surface area contributed by atoms with Crippen molar-refractivity contribution in [2.75, 3.05) is 5.32 Å². The number of aromatic nitrogens is 5. The van der Waals surface area contributed by atoms with E-state index in [9.17, 15) is 9.59 Å². The van der Waals surface area contributed by atoms with Gasteiger partial charge in [-0.15, -0.1) is 0 Å². The molecule has 0 saturated carbocycles. The van der Waals surface area contributed by atoms with Crippen LogP contribution < -0.4 is 11.0 Å². The second kappa shape index (κ2) is 5.00. The number of carbonyl (C=O) groups excluding carboxylic acids is 1. The van der Waals surface area contributed by atoms with Crippen molar-refractivity contribution in [2.24, 2.45) is 0 Å². The lowest BCUT2D eigenvalue weighted by Gasteiger charge is -2.05. The number of benzene rings is 1. The number of rotatable bonds is 4. The molecule has 0 aliphatic rings. The number of aryl methyl sites for hydroxylation is 1. The number of fused-ring (bicyclic) bond motifs is 1. The van der Waals surface area contributed by atoms with Gasteiger partial charge in [0, 0.05) is 12.1 Å². The molecule has 1 aromatic carbocycles. The molecule has 1 amide bonds. The van der Waals surface area contributed by atoms with E-state index in [1.54, 1.807) is 29.2 Å². The molecule has 0 saturated heterocycles. The van der Waals surface area contributed by atoms with Crippen molar-refractivity contribution in [1.29, 1.82) is 0 Å². The van der Waals surface area contributed by atoms with Gasteiger partial charge in [-0.2, -0.15) is 5.10 Å². The zero-order chi connectivity index (χ0) is 13.9. The summed E-state index contributed by atoms with van der Waals surface area (Å²) < 4.78 is 1.59. The third kappa shape index (κ3) is 2.58. The number of nitrogens with zero attached hydrogens (tertiary/aromatic N) is 3. The van der Waals surface area contributed by atoms with E-state index < -0.39 is 0 Å². The molecule has 0 aliphatic carbocycles. The second-order valence-electron chi connectivity index (χ2n) is 4.30. The largest absolute Gasteiger partial charge is 0.326 e. The van der Waals surface area contributed by atoms with Gasteiger partial charge in [-0.3, -0.25) is 9.48 Å². The van der Waals surface area contributed by atoms with Crippen LogP contribution >= 0.6 is 0 Å². The average molecular weight is 272 g/mol. The van der Waals surface area contributed by atoms with Gasteiger partial charge in [-0.25, -0.2) is 9.78 Å². The SMILES string of the molecule is O=C(CCn1cncn1)Nc1ccc2[nH]c(=O)[nH]c2c1. The molecule has 102 valence electrons. The van der Waals surface area contributed by atoms with Gasteiger partial charge in [-0.1, -0.05) is 0 Å². The summed E-state index contributed by atoms with van der Waals surface area (Å²) in [7, 11) is 0. The Morgan fingerprint density at radius 1 is 1.30 bits per heavy atom. The molecule has 0 spiro atoms. The first-order valence-electron chi connectivity index (χ1n) is 6.05. The Hall–Kier alpha value is -2.90. The summed E-state index contributed by atoms with van der Waals surface area (Å²) in [6.45, 7) is 0.467. The van der Waals surface area contributed by atoms with Crippen LogP contribution in [-0.2, 0) is 11.3 Å². The molecular formula is C12H12N6O2. The summed E-state index contributed by atoms with van der Waals surface area (Å²) in [5, 5.41) is 6.69. The summed E-state index contributed by atoms with van der Waals surface area (Å²) in [4.78, 5) is 32.0. The number of hydrogen-bond acceptors (Lipinski definition) is 4. The Labute approximate surface area is 112 Å². The van der Waals surface area contributed by atoms with Crippen LogP contribution in [0.2, 0.25) is 0 Å². The number of aromatic amines is 2. The molecule has 0 fully saturated rings. The molecular weight excluding hydrogens is 260 g/mol. The van der Waals surface area contributed by atoms with Gasteiger partial charge in [0.05, 0.1) is 17.6 Å². The Morgan fingerprint density at radius 2 is 2.15 bits per heavy atom. The molecule has 8 heteroatoms. The minimum absolute atomic E-state index is 0.127. The van der Waals surface area contributed by atoms with Crippen LogP contribution in [0.3, 0.4) is 0 Å². The maximum atomic E-state index is 11.8. The van der Waals surface area contributed by atoms with Gasteiger partial charge < -0.3 is 15.3 Å². The molecule has 0 aliphatic heterocycles. The number of amides is 1.